The summed E-state index contributed by atoms with van der Waals surface area (Å²) >= 11 is 0. The normalized spacial score (nSPS) is 25.3. The zero-order valence-corrected chi connectivity index (χ0v) is 10.7. The fraction of sp³-hybridized carbons (Fsp3) is 0.571. The predicted molar refractivity (Wildman–Crippen MR) is 68.0 cm³/mol. The number of hydrogen-bond acceptors (Lipinski definition) is 2. The maximum atomic E-state index is 13.6. The first-order chi connectivity index (χ1) is 8.63. The van der Waals surface area contributed by atoms with Crippen LogP contribution in [0.25, 0.3) is 0 Å². The van der Waals surface area contributed by atoms with E-state index in [1.54, 1.807) is 0 Å². The van der Waals surface area contributed by atoms with Gasteiger partial charge in [0, 0.05) is 24.7 Å². The molecule has 2 nitrogen and oxygen atoms in total. The lowest BCUT2D eigenvalue weighted by molar-refractivity contribution is 0.0966. The Hall–Kier alpha value is -1.00. The molecule has 2 N–H and O–H groups in total. The molecule has 1 fully saturated rings. The maximum Gasteiger partial charge on any atom is 0.130 e. The summed E-state index contributed by atoms with van der Waals surface area (Å²) in [6, 6.07) is 4.23. The van der Waals surface area contributed by atoms with Gasteiger partial charge in [-0.05, 0) is 37.4 Å². The molecule has 2 atom stereocenters. The van der Waals surface area contributed by atoms with Gasteiger partial charge in [-0.1, -0.05) is 13.0 Å². The molecule has 0 aliphatic carbocycles. The highest BCUT2D eigenvalue weighted by atomic mass is 19.1. The molecule has 0 saturated carbocycles. The fourth-order valence-corrected chi connectivity index (χ4v) is 2.80. The number of likely N-dealkylation sites (tertiary alicyclic amines) is 1. The van der Waals surface area contributed by atoms with Gasteiger partial charge in [0.1, 0.15) is 11.6 Å². The number of rotatable bonds is 3. The van der Waals surface area contributed by atoms with Gasteiger partial charge in [0.05, 0.1) is 0 Å². The van der Waals surface area contributed by atoms with E-state index < -0.39 is 11.6 Å². The SMILES string of the molecule is CC1CCCN(Cc2c(F)cccc2F)C1CN. The summed E-state index contributed by atoms with van der Waals surface area (Å²) < 4.78 is 27.3. The Balaban J connectivity index is 2.17. The molecule has 1 saturated heterocycles. The Labute approximate surface area is 107 Å². The van der Waals surface area contributed by atoms with Crippen LogP contribution in [-0.4, -0.2) is 24.0 Å². The number of nitrogens with zero attached hydrogens (tertiary/aromatic N) is 1. The topological polar surface area (TPSA) is 29.3 Å². The van der Waals surface area contributed by atoms with Gasteiger partial charge in [-0.2, -0.15) is 0 Å². The molecular weight excluding hydrogens is 234 g/mol. The summed E-state index contributed by atoms with van der Waals surface area (Å²) in [4.78, 5) is 2.11. The minimum atomic E-state index is -0.469. The van der Waals surface area contributed by atoms with Crippen molar-refractivity contribution in [1.82, 2.24) is 4.90 Å². The van der Waals surface area contributed by atoms with E-state index in [0.717, 1.165) is 19.4 Å². The second-order valence-corrected chi connectivity index (χ2v) is 5.09. The van der Waals surface area contributed by atoms with Crippen LogP contribution >= 0.6 is 0 Å². The third-order valence-electron chi connectivity index (χ3n) is 3.90. The van der Waals surface area contributed by atoms with Gasteiger partial charge in [-0.15, -0.1) is 0 Å². The van der Waals surface area contributed by atoms with Crippen LogP contribution in [0, 0.1) is 17.6 Å². The molecule has 1 aliphatic rings. The average molecular weight is 254 g/mol. The largest absolute Gasteiger partial charge is 0.329 e. The molecule has 4 heteroatoms. The molecule has 0 aromatic heterocycles. The summed E-state index contributed by atoms with van der Waals surface area (Å²) in [6.07, 6.45) is 2.20. The molecule has 0 radical (unpaired) electrons. The van der Waals surface area contributed by atoms with Crippen LogP contribution in [0.4, 0.5) is 8.78 Å². The quantitative estimate of drug-likeness (QED) is 0.898. The van der Waals surface area contributed by atoms with Crippen molar-refractivity contribution < 1.29 is 8.78 Å². The first-order valence-corrected chi connectivity index (χ1v) is 6.50. The molecule has 100 valence electrons. The van der Waals surface area contributed by atoms with Gasteiger partial charge in [0.2, 0.25) is 0 Å². The minimum absolute atomic E-state index is 0.157. The number of halogens is 2. The third kappa shape index (κ3) is 2.70. The molecule has 0 amide bonds. The zero-order valence-electron chi connectivity index (χ0n) is 10.7. The van der Waals surface area contributed by atoms with Gasteiger partial charge in [-0.25, -0.2) is 8.78 Å². The number of nitrogens with two attached hydrogens (primary N) is 1. The standard InChI is InChI=1S/C14H20F2N2/c1-10-4-3-7-18(14(10)8-17)9-11-12(15)5-2-6-13(11)16/h2,5-6,10,14H,3-4,7-9,17H2,1H3. The summed E-state index contributed by atoms with van der Waals surface area (Å²) in [6.45, 7) is 3.86. The second kappa shape index (κ2) is 5.76. The van der Waals surface area contributed by atoms with E-state index in [-0.39, 0.29) is 11.6 Å². The Bertz CT molecular complexity index is 389. The smallest absolute Gasteiger partial charge is 0.130 e. The molecule has 18 heavy (non-hydrogen) atoms. The van der Waals surface area contributed by atoms with Crippen molar-refractivity contribution in [2.75, 3.05) is 13.1 Å². The van der Waals surface area contributed by atoms with Gasteiger partial charge in [0.25, 0.3) is 0 Å². The molecule has 1 heterocycles. The molecule has 0 bridgehead atoms. The maximum absolute atomic E-state index is 13.6. The fourth-order valence-electron chi connectivity index (χ4n) is 2.80. The second-order valence-electron chi connectivity index (χ2n) is 5.09. The molecule has 1 aromatic carbocycles. The van der Waals surface area contributed by atoms with Gasteiger partial charge >= 0.3 is 0 Å². The molecule has 1 aliphatic heterocycles. The van der Waals surface area contributed by atoms with E-state index in [2.05, 4.69) is 11.8 Å². The van der Waals surface area contributed by atoms with Gasteiger partial charge < -0.3 is 5.73 Å². The van der Waals surface area contributed by atoms with Crippen molar-refractivity contribution in [3.8, 4) is 0 Å². The van der Waals surface area contributed by atoms with E-state index in [1.165, 1.54) is 18.2 Å². The minimum Gasteiger partial charge on any atom is -0.329 e. The van der Waals surface area contributed by atoms with Crippen molar-refractivity contribution in [2.45, 2.75) is 32.4 Å². The van der Waals surface area contributed by atoms with Crippen LogP contribution in [0.3, 0.4) is 0 Å². The summed E-state index contributed by atoms with van der Waals surface area (Å²) in [5, 5.41) is 0. The highest BCUT2D eigenvalue weighted by molar-refractivity contribution is 5.19. The molecule has 2 rings (SSSR count). The monoisotopic (exact) mass is 254 g/mol. The molecule has 1 aromatic rings. The average Bonchev–Trinajstić information content (AvgIpc) is 2.34. The van der Waals surface area contributed by atoms with Gasteiger partial charge in [0.15, 0.2) is 0 Å². The van der Waals surface area contributed by atoms with Crippen LogP contribution in [-0.2, 0) is 6.54 Å². The number of hydrogen-bond donors (Lipinski definition) is 1. The lowest BCUT2D eigenvalue weighted by atomic mass is 9.90. The van der Waals surface area contributed by atoms with Crippen molar-refractivity contribution in [1.29, 1.82) is 0 Å². The van der Waals surface area contributed by atoms with Crippen molar-refractivity contribution in [3.63, 3.8) is 0 Å². The van der Waals surface area contributed by atoms with E-state index in [0.29, 0.717) is 19.0 Å². The number of benzene rings is 1. The highest BCUT2D eigenvalue weighted by Crippen LogP contribution is 2.25. The first kappa shape index (κ1) is 13.4. The van der Waals surface area contributed by atoms with Crippen LogP contribution < -0.4 is 5.73 Å². The Morgan fingerprint density at radius 3 is 2.61 bits per heavy atom. The Morgan fingerprint density at radius 2 is 2.00 bits per heavy atom. The Morgan fingerprint density at radius 1 is 1.33 bits per heavy atom. The predicted octanol–water partition coefficient (Wildman–Crippen LogP) is 2.52. The van der Waals surface area contributed by atoms with E-state index in [9.17, 15) is 8.78 Å². The van der Waals surface area contributed by atoms with Crippen molar-refractivity contribution in [3.05, 3.63) is 35.4 Å². The Kier molecular flexibility index (Phi) is 4.30. The van der Waals surface area contributed by atoms with E-state index >= 15 is 0 Å². The van der Waals surface area contributed by atoms with Crippen molar-refractivity contribution >= 4 is 0 Å². The summed E-state index contributed by atoms with van der Waals surface area (Å²) in [5.41, 5.74) is 5.94. The third-order valence-corrected chi connectivity index (χ3v) is 3.90. The van der Waals surface area contributed by atoms with E-state index in [1.807, 2.05) is 0 Å². The summed E-state index contributed by atoms with van der Waals surface area (Å²) in [7, 11) is 0. The number of piperidine rings is 1. The summed E-state index contributed by atoms with van der Waals surface area (Å²) in [5.74, 6) is -0.452. The highest BCUT2D eigenvalue weighted by Gasteiger charge is 2.28. The van der Waals surface area contributed by atoms with Crippen LogP contribution in [0.2, 0.25) is 0 Å². The van der Waals surface area contributed by atoms with Crippen LogP contribution in [0.15, 0.2) is 18.2 Å². The van der Waals surface area contributed by atoms with E-state index in [4.69, 9.17) is 5.73 Å². The molecule has 0 spiro atoms. The first-order valence-electron chi connectivity index (χ1n) is 6.50. The van der Waals surface area contributed by atoms with Gasteiger partial charge in [-0.3, -0.25) is 4.90 Å². The zero-order chi connectivity index (χ0) is 13.1. The lowest BCUT2D eigenvalue weighted by Crippen LogP contribution is -2.48. The van der Waals surface area contributed by atoms with Crippen molar-refractivity contribution in [2.24, 2.45) is 11.7 Å². The lowest BCUT2D eigenvalue weighted by Gasteiger charge is -2.39. The van der Waals surface area contributed by atoms with Crippen LogP contribution in [0.5, 0.6) is 0 Å². The molecular formula is C14H20F2N2. The molecule has 2 unspecified atom stereocenters. The van der Waals surface area contributed by atoms with Crippen LogP contribution in [0.1, 0.15) is 25.3 Å².